The molecule has 24 heavy (non-hydrogen) atoms. The number of fused-ring (bicyclic) bond motifs is 1. The highest BCUT2D eigenvalue weighted by Gasteiger charge is 2.11. The Bertz CT molecular complexity index is 795. The van der Waals surface area contributed by atoms with Gasteiger partial charge in [-0.3, -0.25) is 0 Å². The number of rotatable bonds is 7. The third-order valence-electron chi connectivity index (χ3n) is 3.60. The fourth-order valence-electron chi connectivity index (χ4n) is 2.47. The Labute approximate surface area is 148 Å². The predicted molar refractivity (Wildman–Crippen MR) is 104 cm³/mol. The molecule has 0 bridgehead atoms. The highest BCUT2D eigenvalue weighted by molar-refractivity contribution is 7.46. The van der Waals surface area contributed by atoms with Gasteiger partial charge >= 0.3 is 0 Å². The summed E-state index contributed by atoms with van der Waals surface area (Å²) in [6, 6.07) is 15.0. The van der Waals surface area contributed by atoms with Crippen molar-refractivity contribution in [1.82, 2.24) is 4.98 Å². The summed E-state index contributed by atoms with van der Waals surface area (Å²) in [5.41, 5.74) is 4.74. The molecule has 0 aliphatic heterocycles. The van der Waals surface area contributed by atoms with E-state index in [0.717, 1.165) is 22.2 Å². The van der Waals surface area contributed by atoms with Crippen LogP contribution in [0.15, 0.2) is 42.5 Å². The van der Waals surface area contributed by atoms with Crippen molar-refractivity contribution in [1.29, 1.82) is 0 Å². The van der Waals surface area contributed by atoms with Crippen molar-refractivity contribution in [2.24, 2.45) is 0 Å². The monoisotopic (exact) mass is 359 g/mol. The number of thiazole rings is 1. The summed E-state index contributed by atoms with van der Waals surface area (Å²) in [7, 11) is -0.834. The molecule has 3 aromatic rings. The fraction of sp³-hybridized carbons (Fsp3) is 0.316. The smallest absolute Gasteiger partial charge is 0.175 e. The zero-order chi connectivity index (χ0) is 16.9. The average Bonchev–Trinajstić information content (AvgIpc) is 2.99. The Morgan fingerprint density at radius 1 is 1.00 bits per heavy atom. The first kappa shape index (κ1) is 17.5. The normalized spacial score (nSPS) is 11.5. The quantitative estimate of drug-likeness (QED) is 0.474. The van der Waals surface area contributed by atoms with Crippen LogP contribution in [0.4, 0.5) is 0 Å². The van der Waals surface area contributed by atoms with Crippen LogP contribution in [-0.2, 0) is 15.2 Å². The molecule has 5 heteroatoms. The Hall–Kier alpha value is -1.32. The van der Waals surface area contributed by atoms with Crippen molar-refractivity contribution < 1.29 is 9.05 Å². The first-order valence-electron chi connectivity index (χ1n) is 8.19. The van der Waals surface area contributed by atoms with Crippen LogP contribution in [0.5, 0.6) is 0 Å². The molecule has 3 nitrogen and oxygen atoms in total. The van der Waals surface area contributed by atoms with Crippen LogP contribution in [0.1, 0.15) is 25.0 Å². The third-order valence-corrected chi connectivity index (χ3v) is 6.39. The molecule has 0 amide bonds. The molecule has 0 N–H and O–H groups in total. The van der Waals surface area contributed by atoms with Gasteiger partial charge in [-0.05, 0) is 44.0 Å². The summed E-state index contributed by atoms with van der Waals surface area (Å²) in [6.07, 6.45) is 0.830. The molecule has 2 aromatic carbocycles. The van der Waals surface area contributed by atoms with E-state index in [-0.39, 0.29) is 0 Å². The SMILES string of the molecule is CCOP(Cc1ccc(-c2nc3ccc(C)cc3s2)cc1)OCC. The molecule has 0 spiro atoms. The van der Waals surface area contributed by atoms with E-state index in [1.807, 2.05) is 13.8 Å². The zero-order valence-electron chi connectivity index (χ0n) is 14.3. The van der Waals surface area contributed by atoms with Gasteiger partial charge in [0.25, 0.3) is 0 Å². The second kappa shape index (κ2) is 8.17. The van der Waals surface area contributed by atoms with E-state index in [1.54, 1.807) is 11.3 Å². The molecule has 0 radical (unpaired) electrons. The van der Waals surface area contributed by atoms with Crippen molar-refractivity contribution >= 4 is 29.9 Å². The lowest BCUT2D eigenvalue weighted by molar-refractivity contribution is 0.268. The lowest BCUT2D eigenvalue weighted by atomic mass is 10.1. The molecule has 0 unspecified atom stereocenters. The topological polar surface area (TPSA) is 31.4 Å². The summed E-state index contributed by atoms with van der Waals surface area (Å²) >= 11 is 1.74. The van der Waals surface area contributed by atoms with Crippen molar-refractivity contribution in [2.75, 3.05) is 13.2 Å². The Morgan fingerprint density at radius 3 is 2.38 bits per heavy atom. The first-order chi connectivity index (χ1) is 11.7. The molecule has 1 aromatic heterocycles. The molecule has 3 rings (SSSR count). The maximum absolute atomic E-state index is 5.68. The van der Waals surface area contributed by atoms with E-state index in [0.29, 0.717) is 13.2 Å². The number of benzene rings is 2. The van der Waals surface area contributed by atoms with Gasteiger partial charge in [0.05, 0.1) is 23.4 Å². The Morgan fingerprint density at radius 2 is 1.71 bits per heavy atom. The number of hydrogen-bond donors (Lipinski definition) is 0. The van der Waals surface area contributed by atoms with Gasteiger partial charge in [-0.2, -0.15) is 0 Å². The van der Waals surface area contributed by atoms with E-state index in [9.17, 15) is 0 Å². The molecular formula is C19H22NO2PS. The molecule has 126 valence electrons. The second-order valence-electron chi connectivity index (χ2n) is 5.51. The molecule has 0 aliphatic carbocycles. The minimum atomic E-state index is -0.834. The van der Waals surface area contributed by atoms with Crippen LogP contribution in [0, 0.1) is 6.92 Å². The van der Waals surface area contributed by atoms with E-state index < -0.39 is 8.38 Å². The molecule has 0 fully saturated rings. The van der Waals surface area contributed by atoms with Gasteiger partial charge in [-0.25, -0.2) is 4.98 Å². The summed E-state index contributed by atoms with van der Waals surface area (Å²) in [4.78, 5) is 4.75. The van der Waals surface area contributed by atoms with Gasteiger partial charge in [0.15, 0.2) is 8.38 Å². The second-order valence-corrected chi connectivity index (χ2v) is 8.04. The largest absolute Gasteiger partial charge is 0.334 e. The zero-order valence-corrected chi connectivity index (χ0v) is 16.0. The van der Waals surface area contributed by atoms with Gasteiger partial charge in [-0.1, -0.05) is 30.3 Å². The molecule has 0 aliphatic rings. The lowest BCUT2D eigenvalue weighted by Gasteiger charge is -2.15. The lowest BCUT2D eigenvalue weighted by Crippen LogP contribution is -1.94. The highest BCUT2D eigenvalue weighted by atomic mass is 32.1. The van der Waals surface area contributed by atoms with Crippen molar-refractivity contribution in [3.05, 3.63) is 53.6 Å². The van der Waals surface area contributed by atoms with Crippen molar-refractivity contribution in [2.45, 2.75) is 26.9 Å². The minimum absolute atomic E-state index is 0.689. The van der Waals surface area contributed by atoms with Gasteiger partial charge in [0.2, 0.25) is 0 Å². The minimum Gasteiger partial charge on any atom is -0.334 e. The van der Waals surface area contributed by atoms with E-state index in [4.69, 9.17) is 14.0 Å². The standard InChI is InChI=1S/C19H22NO2PS/c1-4-21-23(22-5-2)13-15-7-9-16(10-8-15)19-20-17-11-6-14(3)12-18(17)24-19/h6-12H,4-5,13H2,1-3H3. The number of nitrogens with zero attached hydrogens (tertiary/aromatic N) is 1. The van der Waals surface area contributed by atoms with E-state index in [1.165, 1.54) is 15.8 Å². The van der Waals surface area contributed by atoms with Crippen LogP contribution < -0.4 is 0 Å². The number of aromatic nitrogens is 1. The van der Waals surface area contributed by atoms with Crippen molar-refractivity contribution in [3.8, 4) is 10.6 Å². The predicted octanol–water partition coefficient (Wildman–Crippen LogP) is 6.16. The Kier molecular flexibility index (Phi) is 5.96. The molecule has 1 heterocycles. The molecular weight excluding hydrogens is 337 g/mol. The van der Waals surface area contributed by atoms with Crippen LogP contribution in [-0.4, -0.2) is 18.2 Å². The van der Waals surface area contributed by atoms with Crippen molar-refractivity contribution in [3.63, 3.8) is 0 Å². The third kappa shape index (κ3) is 4.20. The van der Waals surface area contributed by atoms with Crippen LogP contribution in [0.2, 0.25) is 0 Å². The van der Waals surface area contributed by atoms with Crippen LogP contribution >= 0.6 is 19.7 Å². The molecule has 0 saturated carbocycles. The summed E-state index contributed by atoms with van der Waals surface area (Å²) < 4.78 is 12.6. The fourth-order valence-corrected chi connectivity index (χ4v) is 4.88. The average molecular weight is 359 g/mol. The maximum Gasteiger partial charge on any atom is 0.175 e. The molecule has 0 saturated heterocycles. The van der Waals surface area contributed by atoms with E-state index in [2.05, 4.69) is 49.4 Å². The molecule has 0 atom stereocenters. The maximum atomic E-state index is 5.68. The summed E-state index contributed by atoms with van der Waals surface area (Å²) in [5, 5.41) is 1.07. The van der Waals surface area contributed by atoms with Gasteiger partial charge in [-0.15, -0.1) is 11.3 Å². The number of aryl methyl sites for hydroxylation is 1. The summed E-state index contributed by atoms with van der Waals surface area (Å²) in [5.74, 6) is 0. The van der Waals surface area contributed by atoms with Gasteiger partial charge < -0.3 is 9.05 Å². The van der Waals surface area contributed by atoms with Crippen LogP contribution in [0.25, 0.3) is 20.8 Å². The first-order valence-corrected chi connectivity index (χ1v) is 10.4. The summed E-state index contributed by atoms with van der Waals surface area (Å²) in [6.45, 7) is 7.50. The Balaban J connectivity index is 1.77. The van der Waals surface area contributed by atoms with Gasteiger partial charge in [0.1, 0.15) is 5.01 Å². The van der Waals surface area contributed by atoms with Gasteiger partial charge in [0, 0.05) is 11.7 Å². The van der Waals surface area contributed by atoms with Crippen LogP contribution in [0.3, 0.4) is 0 Å². The highest BCUT2D eigenvalue weighted by Crippen LogP contribution is 2.42. The van der Waals surface area contributed by atoms with E-state index >= 15 is 0 Å². The number of hydrogen-bond acceptors (Lipinski definition) is 4.